The van der Waals surface area contributed by atoms with Gasteiger partial charge in [-0.05, 0) is 36.8 Å². The minimum absolute atomic E-state index is 0.0646. The van der Waals surface area contributed by atoms with Crippen LogP contribution in [0.15, 0.2) is 47.4 Å². The first-order valence-electron chi connectivity index (χ1n) is 10.1. The number of para-hydroxylation sites is 1. The van der Waals surface area contributed by atoms with Gasteiger partial charge in [0.25, 0.3) is 10.0 Å². The number of carbonyl (C=O) groups excluding carboxylic acids is 1. The molecule has 2 saturated heterocycles. The van der Waals surface area contributed by atoms with Crippen molar-refractivity contribution < 1.29 is 22.7 Å². The van der Waals surface area contributed by atoms with Gasteiger partial charge in [-0.3, -0.25) is 9.52 Å². The van der Waals surface area contributed by atoms with Gasteiger partial charge >= 0.3 is 0 Å². The first-order chi connectivity index (χ1) is 14.9. The SMILES string of the molecule is O=C(Nc1ccc(N2CCOCC2)c(S(=O)(=O)Nc2ccccc2Cl)c1)C1CCOC1. The monoisotopic (exact) mass is 465 g/mol. The summed E-state index contributed by atoms with van der Waals surface area (Å²) >= 11 is 6.16. The molecule has 1 atom stereocenters. The summed E-state index contributed by atoms with van der Waals surface area (Å²) in [5, 5.41) is 3.12. The lowest BCUT2D eigenvalue weighted by molar-refractivity contribution is -0.119. The molecule has 0 bridgehead atoms. The Kier molecular flexibility index (Phi) is 6.66. The van der Waals surface area contributed by atoms with E-state index in [2.05, 4.69) is 10.0 Å². The molecular formula is C21H24ClN3O5S. The van der Waals surface area contributed by atoms with Crippen LogP contribution in [0.4, 0.5) is 17.1 Å². The third-order valence-corrected chi connectivity index (χ3v) is 7.01. The van der Waals surface area contributed by atoms with E-state index in [0.717, 1.165) is 0 Å². The summed E-state index contributed by atoms with van der Waals surface area (Å²) in [6.45, 7) is 3.08. The molecule has 2 fully saturated rings. The van der Waals surface area contributed by atoms with Gasteiger partial charge in [-0.25, -0.2) is 8.42 Å². The van der Waals surface area contributed by atoms with Gasteiger partial charge in [-0.1, -0.05) is 23.7 Å². The van der Waals surface area contributed by atoms with Crippen molar-refractivity contribution in [2.45, 2.75) is 11.3 Å². The Hall–Kier alpha value is -2.33. The average molecular weight is 466 g/mol. The molecule has 4 rings (SSSR count). The highest BCUT2D eigenvalue weighted by atomic mass is 35.5. The number of carbonyl (C=O) groups is 1. The van der Waals surface area contributed by atoms with Crippen molar-refractivity contribution in [3.05, 3.63) is 47.5 Å². The fourth-order valence-corrected chi connectivity index (χ4v) is 5.17. The number of amides is 1. The number of nitrogens with one attached hydrogen (secondary N) is 2. The van der Waals surface area contributed by atoms with Crippen molar-refractivity contribution >= 4 is 44.6 Å². The maximum absolute atomic E-state index is 13.4. The van der Waals surface area contributed by atoms with Gasteiger partial charge in [0.05, 0.1) is 42.1 Å². The fourth-order valence-electron chi connectivity index (χ4n) is 3.60. The van der Waals surface area contributed by atoms with Gasteiger partial charge in [0.2, 0.25) is 5.91 Å². The van der Waals surface area contributed by atoms with Crippen LogP contribution in [0, 0.1) is 5.92 Å². The zero-order valence-corrected chi connectivity index (χ0v) is 18.4. The first kappa shape index (κ1) is 21.9. The maximum Gasteiger partial charge on any atom is 0.264 e. The van der Waals surface area contributed by atoms with Crippen molar-refractivity contribution in [2.24, 2.45) is 5.92 Å². The molecule has 8 nitrogen and oxygen atoms in total. The number of ether oxygens (including phenoxy) is 2. The average Bonchev–Trinajstić information content (AvgIpc) is 3.31. The number of sulfonamides is 1. The summed E-state index contributed by atoms with van der Waals surface area (Å²) in [6, 6.07) is 11.6. The molecule has 2 heterocycles. The van der Waals surface area contributed by atoms with Crippen molar-refractivity contribution in [3.8, 4) is 0 Å². The molecule has 31 heavy (non-hydrogen) atoms. The second kappa shape index (κ2) is 9.44. The van der Waals surface area contributed by atoms with Crippen molar-refractivity contribution in [3.63, 3.8) is 0 Å². The van der Waals surface area contributed by atoms with E-state index in [9.17, 15) is 13.2 Å². The number of halogens is 1. The van der Waals surface area contributed by atoms with Crippen LogP contribution in [0.3, 0.4) is 0 Å². The predicted molar refractivity (Wildman–Crippen MR) is 119 cm³/mol. The molecule has 2 aliphatic rings. The topological polar surface area (TPSA) is 97.0 Å². The van der Waals surface area contributed by atoms with Gasteiger partial charge in [0.1, 0.15) is 4.90 Å². The summed E-state index contributed by atoms with van der Waals surface area (Å²) in [5.74, 6) is -0.417. The Labute approximate surface area is 186 Å². The van der Waals surface area contributed by atoms with E-state index in [1.54, 1.807) is 36.4 Å². The van der Waals surface area contributed by atoms with Crippen LogP contribution < -0.4 is 14.9 Å². The highest BCUT2D eigenvalue weighted by molar-refractivity contribution is 7.93. The molecule has 166 valence electrons. The smallest absolute Gasteiger partial charge is 0.264 e. The number of nitrogens with zero attached hydrogens (tertiary/aromatic N) is 1. The molecular weight excluding hydrogens is 442 g/mol. The molecule has 0 spiro atoms. The number of benzene rings is 2. The molecule has 2 aromatic carbocycles. The third-order valence-electron chi connectivity index (χ3n) is 5.29. The summed E-state index contributed by atoms with van der Waals surface area (Å²) in [4.78, 5) is 14.5. The summed E-state index contributed by atoms with van der Waals surface area (Å²) in [5.41, 5.74) is 1.24. The molecule has 2 aromatic rings. The molecule has 1 unspecified atom stereocenters. The van der Waals surface area contributed by atoms with Crippen molar-refractivity contribution in [1.29, 1.82) is 0 Å². The lowest BCUT2D eigenvalue weighted by Gasteiger charge is -2.30. The highest BCUT2D eigenvalue weighted by Gasteiger charge is 2.27. The van der Waals surface area contributed by atoms with Gasteiger partial charge < -0.3 is 19.7 Å². The molecule has 0 radical (unpaired) electrons. The number of hydrogen-bond acceptors (Lipinski definition) is 6. The second-order valence-corrected chi connectivity index (χ2v) is 9.48. The van der Waals surface area contributed by atoms with Crippen LogP contribution in [0.5, 0.6) is 0 Å². The molecule has 1 amide bonds. The van der Waals surface area contributed by atoms with Gasteiger partial charge in [-0.15, -0.1) is 0 Å². The number of anilines is 3. The van der Waals surface area contributed by atoms with Crippen LogP contribution in [0.1, 0.15) is 6.42 Å². The lowest BCUT2D eigenvalue weighted by Crippen LogP contribution is -2.37. The Bertz CT molecular complexity index is 1050. The summed E-state index contributed by atoms with van der Waals surface area (Å²) in [7, 11) is -3.99. The van der Waals surface area contributed by atoms with Gasteiger partial charge in [0, 0.05) is 25.4 Å². The zero-order chi connectivity index (χ0) is 21.8. The standard InChI is InChI=1S/C21H24ClN3O5S/c22-17-3-1-2-4-18(17)24-31(27,28)20-13-16(23-21(26)15-7-10-30-14-15)5-6-19(20)25-8-11-29-12-9-25/h1-6,13,15,24H,7-12,14H2,(H,23,26). The largest absolute Gasteiger partial charge is 0.381 e. The highest BCUT2D eigenvalue weighted by Crippen LogP contribution is 2.32. The first-order valence-corrected chi connectivity index (χ1v) is 11.9. The normalized spacial score (nSPS) is 19.3. The van der Waals surface area contributed by atoms with E-state index >= 15 is 0 Å². The zero-order valence-electron chi connectivity index (χ0n) is 16.8. The van der Waals surface area contributed by atoms with Crippen LogP contribution in [-0.2, 0) is 24.3 Å². The summed E-state index contributed by atoms with van der Waals surface area (Å²) < 4.78 is 39.9. The van der Waals surface area contributed by atoms with E-state index in [1.165, 1.54) is 6.07 Å². The molecule has 2 aliphatic heterocycles. The van der Waals surface area contributed by atoms with E-state index < -0.39 is 10.0 Å². The van der Waals surface area contributed by atoms with E-state index in [0.29, 0.717) is 62.3 Å². The maximum atomic E-state index is 13.4. The fraction of sp³-hybridized carbons (Fsp3) is 0.381. The van der Waals surface area contributed by atoms with Crippen LogP contribution >= 0.6 is 11.6 Å². The molecule has 0 saturated carbocycles. The van der Waals surface area contributed by atoms with Crippen LogP contribution in [-0.4, -0.2) is 53.8 Å². The minimum atomic E-state index is -3.99. The number of rotatable bonds is 6. The Morgan fingerprint density at radius 1 is 1.06 bits per heavy atom. The van der Waals surface area contributed by atoms with Crippen molar-refractivity contribution in [2.75, 3.05) is 54.5 Å². The van der Waals surface area contributed by atoms with E-state index in [1.807, 2.05) is 4.90 Å². The Balaban J connectivity index is 1.67. The quantitative estimate of drug-likeness (QED) is 0.680. The number of hydrogen-bond donors (Lipinski definition) is 2. The van der Waals surface area contributed by atoms with E-state index in [4.69, 9.17) is 21.1 Å². The predicted octanol–water partition coefficient (Wildman–Crippen LogP) is 2.95. The Morgan fingerprint density at radius 2 is 1.84 bits per heavy atom. The van der Waals surface area contributed by atoms with Crippen LogP contribution in [0.25, 0.3) is 0 Å². The third kappa shape index (κ3) is 5.12. The van der Waals surface area contributed by atoms with Crippen molar-refractivity contribution in [1.82, 2.24) is 0 Å². The van der Waals surface area contributed by atoms with Gasteiger partial charge in [-0.2, -0.15) is 0 Å². The molecule has 0 aliphatic carbocycles. The number of morpholine rings is 1. The Morgan fingerprint density at radius 3 is 2.55 bits per heavy atom. The summed E-state index contributed by atoms with van der Waals surface area (Å²) in [6.07, 6.45) is 0.650. The van der Waals surface area contributed by atoms with Crippen LogP contribution in [0.2, 0.25) is 5.02 Å². The second-order valence-electron chi connectivity index (χ2n) is 7.42. The molecule has 10 heteroatoms. The molecule has 2 N–H and O–H groups in total. The minimum Gasteiger partial charge on any atom is -0.381 e. The van der Waals surface area contributed by atoms with E-state index in [-0.39, 0.29) is 22.4 Å². The van der Waals surface area contributed by atoms with Gasteiger partial charge in [0.15, 0.2) is 0 Å². The molecule has 0 aromatic heterocycles. The lowest BCUT2D eigenvalue weighted by atomic mass is 10.1.